The minimum absolute atomic E-state index is 0.00807. The fourth-order valence-electron chi connectivity index (χ4n) is 3.76. The zero-order chi connectivity index (χ0) is 23.9. The summed E-state index contributed by atoms with van der Waals surface area (Å²) in [6.07, 6.45) is 5.22. The summed E-state index contributed by atoms with van der Waals surface area (Å²) in [5, 5.41) is 17.7. The van der Waals surface area contributed by atoms with Gasteiger partial charge in [0.05, 0.1) is 23.4 Å². The molecule has 1 aromatic heterocycles. The molecule has 1 aliphatic heterocycles. The Bertz CT molecular complexity index is 1220. The molecule has 1 saturated heterocycles. The molecule has 1 amide bonds. The van der Waals surface area contributed by atoms with E-state index in [0.29, 0.717) is 41.8 Å². The molecule has 34 heavy (non-hydrogen) atoms. The first-order chi connectivity index (χ1) is 16.6. The lowest BCUT2D eigenvalue weighted by Gasteiger charge is -2.10. The van der Waals surface area contributed by atoms with Gasteiger partial charge < -0.3 is 14.8 Å². The minimum atomic E-state index is -0.443. The smallest absolute Gasteiger partial charge is 0.262 e. The van der Waals surface area contributed by atoms with Gasteiger partial charge in [-0.2, -0.15) is 10.4 Å². The molecule has 0 saturated carbocycles. The highest BCUT2D eigenvalue weighted by Crippen LogP contribution is 2.32. The highest BCUT2D eigenvalue weighted by molar-refractivity contribution is 6.32. The molecule has 8 heteroatoms. The van der Waals surface area contributed by atoms with Crippen molar-refractivity contribution in [3.63, 3.8) is 0 Å². The van der Waals surface area contributed by atoms with Crippen LogP contribution >= 0.6 is 11.6 Å². The molecule has 1 N–H and O–H groups in total. The van der Waals surface area contributed by atoms with Gasteiger partial charge in [-0.3, -0.25) is 4.79 Å². The van der Waals surface area contributed by atoms with E-state index in [0.717, 1.165) is 24.1 Å². The third-order valence-electron chi connectivity index (χ3n) is 5.45. The number of hydrogen-bond acceptors (Lipinski definition) is 5. The van der Waals surface area contributed by atoms with Gasteiger partial charge in [0.15, 0.2) is 0 Å². The van der Waals surface area contributed by atoms with E-state index in [1.54, 1.807) is 29.1 Å². The molecule has 4 rings (SSSR count). The van der Waals surface area contributed by atoms with Crippen molar-refractivity contribution in [1.29, 1.82) is 5.26 Å². The van der Waals surface area contributed by atoms with Gasteiger partial charge in [0.2, 0.25) is 0 Å². The summed E-state index contributed by atoms with van der Waals surface area (Å²) >= 11 is 6.42. The molecule has 0 aliphatic carbocycles. The van der Waals surface area contributed by atoms with Gasteiger partial charge in [-0.15, -0.1) is 0 Å². The van der Waals surface area contributed by atoms with Crippen LogP contribution in [0.2, 0.25) is 5.02 Å². The second kappa shape index (κ2) is 11.0. The van der Waals surface area contributed by atoms with Crippen molar-refractivity contribution in [2.75, 3.05) is 19.8 Å². The normalized spacial score (nSPS) is 15.7. The standard InChI is InChI=1S/C26H25ClN4O3/c1-2-33-24-11-10-18(14-23(24)27)25-20(17-31(30-25)21-7-4-3-5-8-21)13-19(15-28)26(32)29-16-22-9-6-12-34-22/h3-5,7-8,10-11,13-14,17,22H,2,6,9,12,16H2,1H3,(H,29,32)/b19-13-. The maximum Gasteiger partial charge on any atom is 0.262 e. The number of halogens is 1. The molecule has 0 bridgehead atoms. The van der Waals surface area contributed by atoms with Crippen molar-refractivity contribution in [3.05, 3.63) is 70.9 Å². The first-order valence-corrected chi connectivity index (χ1v) is 11.6. The lowest BCUT2D eigenvalue weighted by molar-refractivity contribution is -0.117. The Kier molecular flexibility index (Phi) is 7.63. The predicted octanol–water partition coefficient (Wildman–Crippen LogP) is 4.79. The number of nitrogens with zero attached hydrogens (tertiary/aromatic N) is 3. The van der Waals surface area contributed by atoms with Crippen LogP contribution in [0.25, 0.3) is 23.0 Å². The van der Waals surface area contributed by atoms with Crippen LogP contribution in [0.4, 0.5) is 0 Å². The first kappa shape index (κ1) is 23.6. The van der Waals surface area contributed by atoms with Crippen LogP contribution in [-0.4, -0.2) is 41.6 Å². The Morgan fingerprint density at radius 2 is 2.18 bits per heavy atom. The van der Waals surface area contributed by atoms with Gasteiger partial charge in [-0.25, -0.2) is 4.68 Å². The van der Waals surface area contributed by atoms with Crippen molar-refractivity contribution in [2.45, 2.75) is 25.9 Å². The summed E-state index contributed by atoms with van der Waals surface area (Å²) in [6, 6.07) is 17.0. The van der Waals surface area contributed by atoms with Crippen LogP contribution < -0.4 is 10.1 Å². The Hall–Kier alpha value is -3.60. The second-order valence-corrected chi connectivity index (χ2v) is 8.21. The van der Waals surface area contributed by atoms with E-state index in [1.807, 2.05) is 49.4 Å². The van der Waals surface area contributed by atoms with E-state index in [1.165, 1.54) is 0 Å². The number of benzene rings is 2. The molecular weight excluding hydrogens is 452 g/mol. The van der Waals surface area contributed by atoms with Gasteiger partial charge in [0.1, 0.15) is 23.1 Å². The quantitative estimate of drug-likeness (QED) is 0.373. The summed E-state index contributed by atoms with van der Waals surface area (Å²) in [5.74, 6) is 0.139. The predicted molar refractivity (Wildman–Crippen MR) is 131 cm³/mol. The number of para-hydroxylation sites is 1. The number of nitrogens with one attached hydrogen (secondary N) is 1. The molecule has 0 spiro atoms. The maximum absolute atomic E-state index is 12.7. The third-order valence-corrected chi connectivity index (χ3v) is 5.74. The number of carbonyl (C=O) groups is 1. The van der Waals surface area contributed by atoms with Crippen molar-refractivity contribution in [3.8, 4) is 28.8 Å². The summed E-state index contributed by atoms with van der Waals surface area (Å²) in [7, 11) is 0. The van der Waals surface area contributed by atoms with E-state index in [9.17, 15) is 10.1 Å². The van der Waals surface area contributed by atoms with Crippen molar-refractivity contribution < 1.29 is 14.3 Å². The van der Waals surface area contributed by atoms with Gasteiger partial charge in [-0.1, -0.05) is 29.8 Å². The number of nitriles is 1. The number of hydrogen-bond donors (Lipinski definition) is 1. The fourth-order valence-corrected chi connectivity index (χ4v) is 4.00. The molecule has 1 fully saturated rings. The molecule has 2 heterocycles. The van der Waals surface area contributed by atoms with Crippen LogP contribution in [0.5, 0.6) is 5.75 Å². The molecule has 1 atom stereocenters. The fraction of sp³-hybridized carbons (Fsp3) is 0.269. The lowest BCUT2D eigenvalue weighted by Crippen LogP contribution is -2.32. The Balaban J connectivity index is 1.69. The zero-order valence-corrected chi connectivity index (χ0v) is 19.6. The Morgan fingerprint density at radius 1 is 1.35 bits per heavy atom. The number of carbonyl (C=O) groups excluding carboxylic acids is 1. The van der Waals surface area contributed by atoms with Gasteiger partial charge in [0, 0.05) is 30.5 Å². The molecule has 174 valence electrons. The summed E-state index contributed by atoms with van der Waals surface area (Å²) in [6.45, 7) is 3.47. The van der Waals surface area contributed by atoms with Gasteiger partial charge >= 0.3 is 0 Å². The monoisotopic (exact) mass is 476 g/mol. The SMILES string of the molecule is CCOc1ccc(-c2nn(-c3ccccc3)cc2/C=C(/C#N)C(=O)NCC2CCCO2)cc1Cl. The highest BCUT2D eigenvalue weighted by Gasteiger charge is 2.19. The van der Waals surface area contributed by atoms with E-state index in [4.69, 9.17) is 26.2 Å². The molecule has 3 aromatic rings. The van der Waals surface area contributed by atoms with Crippen molar-refractivity contribution in [1.82, 2.24) is 15.1 Å². The molecule has 1 unspecified atom stereocenters. The van der Waals surface area contributed by atoms with E-state index < -0.39 is 5.91 Å². The summed E-state index contributed by atoms with van der Waals surface area (Å²) < 4.78 is 12.8. The zero-order valence-electron chi connectivity index (χ0n) is 18.8. The van der Waals surface area contributed by atoms with Crippen LogP contribution in [0.3, 0.4) is 0 Å². The maximum atomic E-state index is 12.7. The Labute approximate surface area is 203 Å². The lowest BCUT2D eigenvalue weighted by atomic mass is 10.1. The molecule has 2 aromatic carbocycles. The summed E-state index contributed by atoms with van der Waals surface area (Å²) in [5.41, 5.74) is 2.79. The van der Waals surface area contributed by atoms with E-state index >= 15 is 0 Å². The van der Waals surface area contributed by atoms with E-state index in [2.05, 4.69) is 5.32 Å². The summed E-state index contributed by atoms with van der Waals surface area (Å²) in [4.78, 5) is 12.7. The number of amides is 1. The van der Waals surface area contributed by atoms with Gasteiger partial charge in [-0.05, 0) is 56.2 Å². The topological polar surface area (TPSA) is 89.2 Å². The third kappa shape index (κ3) is 5.48. The largest absolute Gasteiger partial charge is 0.492 e. The molecular formula is C26H25ClN4O3. The molecule has 7 nitrogen and oxygen atoms in total. The van der Waals surface area contributed by atoms with Crippen LogP contribution in [0.1, 0.15) is 25.3 Å². The average Bonchev–Trinajstić information content (AvgIpc) is 3.53. The van der Waals surface area contributed by atoms with Crippen LogP contribution in [0, 0.1) is 11.3 Å². The molecule has 0 radical (unpaired) electrons. The van der Waals surface area contributed by atoms with Gasteiger partial charge in [0.25, 0.3) is 5.91 Å². The second-order valence-electron chi connectivity index (χ2n) is 7.81. The van der Waals surface area contributed by atoms with Crippen LogP contribution in [0.15, 0.2) is 60.3 Å². The minimum Gasteiger partial charge on any atom is -0.492 e. The average molecular weight is 477 g/mol. The highest BCUT2D eigenvalue weighted by atomic mass is 35.5. The van der Waals surface area contributed by atoms with E-state index in [-0.39, 0.29) is 11.7 Å². The van der Waals surface area contributed by atoms with Crippen molar-refractivity contribution in [2.24, 2.45) is 0 Å². The molecule has 1 aliphatic rings. The Morgan fingerprint density at radius 3 is 2.85 bits per heavy atom. The first-order valence-electron chi connectivity index (χ1n) is 11.2. The number of aromatic nitrogens is 2. The number of rotatable bonds is 8. The van der Waals surface area contributed by atoms with Crippen molar-refractivity contribution >= 4 is 23.6 Å². The van der Waals surface area contributed by atoms with Crippen LogP contribution in [-0.2, 0) is 9.53 Å². The number of ether oxygens (including phenoxy) is 2.